The number of aryl methyl sites for hydroxylation is 1. The van der Waals surface area contributed by atoms with Gasteiger partial charge in [0.15, 0.2) is 5.13 Å². The van der Waals surface area contributed by atoms with Gasteiger partial charge in [0.25, 0.3) is 5.91 Å². The van der Waals surface area contributed by atoms with Crippen LogP contribution in [0.25, 0.3) is 11.3 Å². The number of benzene rings is 2. The van der Waals surface area contributed by atoms with Gasteiger partial charge in [0.2, 0.25) is 0 Å². The highest BCUT2D eigenvalue weighted by Gasteiger charge is 2.21. The van der Waals surface area contributed by atoms with Crippen molar-refractivity contribution in [2.24, 2.45) is 0 Å². The Balaban J connectivity index is 1.54. The van der Waals surface area contributed by atoms with Crippen LogP contribution in [-0.4, -0.2) is 20.7 Å². The molecule has 0 saturated heterocycles. The van der Waals surface area contributed by atoms with Gasteiger partial charge in [0.1, 0.15) is 5.15 Å². The lowest BCUT2D eigenvalue weighted by Gasteiger charge is -2.04. The molecule has 0 unspecified atom stereocenters. The van der Waals surface area contributed by atoms with Crippen molar-refractivity contribution < 1.29 is 4.79 Å². The third kappa shape index (κ3) is 4.19. The largest absolute Gasteiger partial charge is 0.298 e. The average molecular weight is 443 g/mol. The Morgan fingerprint density at radius 1 is 1.10 bits per heavy atom. The summed E-state index contributed by atoms with van der Waals surface area (Å²) in [5, 5.41) is 10.5. The van der Waals surface area contributed by atoms with E-state index >= 15 is 0 Å². The average Bonchev–Trinajstić information content (AvgIpc) is 3.27. The lowest BCUT2D eigenvalue weighted by Crippen LogP contribution is -2.13. The van der Waals surface area contributed by atoms with Gasteiger partial charge >= 0.3 is 0 Å². The van der Waals surface area contributed by atoms with Gasteiger partial charge in [-0.05, 0) is 18.6 Å². The molecular weight excluding hydrogens is 427 g/mol. The molecule has 4 rings (SSSR count). The lowest BCUT2D eigenvalue weighted by atomic mass is 10.2. The second kappa shape index (κ2) is 8.37. The van der Waals surface area contributed by atoms with Crippen molar-refractivity contribution in [2.45, 2.75) is 13.5 Å². The molecule has 5 nitrogen and oxygen atoms in total. The first-order valence-corrected chi connectivity index (χ1v) is 10.4. The summed E-state index contributed by atoms with van der Waals surface area (Å²) >= 11 is 14.0. The summed E-state index contributed by atoms with van der Waals surface area (Å²) in [7, 11) is 0. The van der Waals surface area contributed by atoms with Gasteiger partial charge in [0, 0.05) is 16.0 Å². The van der Waals surface area contributed by atoms with E-state index in [2.05, 4.69) is 15.4 Å². The highest BCUT2D eigenvalue weighted by Crippen LogP contribution is 2.31. The van der Waals surface area contributed by atoms with E-state index in [0.29, 0.717) is 38.8 Å². The molecule has 0 atom stereocenters. The minimum Gasteiger partial charge on any atom is -0.298 e. The molecule has 0 saturated carbocycles. The fraction of sp³-hybridized carbons (Fsp3) is 0.0952. The third-order valence-corrected chi connectivity index (χ3v) is 5.81. The minimum absolute atomic E-state index is 0.298. The minimum atomic E-state index is -0.341. The molecule has 0 aliphatic rings. The van der Waals surface area contributed by atoms with Gasteiger partial charge in [-0.25, -0.2) is 9.67 Å². The molecule has 0 aliphatic heterocycles. The molecule has 0 radical (unpaired) electrons. The highest BCUT2D eigenvalue weighted by atomic mass is 35.5. The topological polar surface area (TPSA) is 59.8 Å². The van der Waals surface area contributed by atoms with Crippen LogP contribution in [0.3, 0.4) is 0 Å². The Kier molecular flexibility index (Phi) is 5.67. The van der Waals surface area contributed by atoms with Crippen LogP contribution in [0.5, 0.6) is 0 Å². The fourth-order valence-electron chi connectivity index (χ4n) is 2.96. The standard InChI is InChI=1S/C21H16Cl2N4OS/c1-13-18(19(23)27(26-13)11-14-7-3-2-4-8-14)20(28)25-21-24-17(12-29-21)15-9-5-6-10-16(15)22/h2-10,12H,11H2,1H3,(H,24,25,28). The number of halogens is 2. The number of carbonyl (C=O) groups excluding carboxylic acids is 1. The first-order chi connectivity index (χ1) is 14.0. The van der Waals surface area contributed by atoms with Crippen LogP contribution in [0.2, 0.25) is 10.2 Å². The Hall–Kier alpha value is -2.67. The molecule has 2 aromatic heterocycles. The van der Waals surface area contributed by atoms with Crippen LogP contribution in [0.1, 0.15) is 21.6 Å². The molecule has 4 aromatic rings. The Bertz CT molecular complexity index is 1170. The number of carbonyl (C=O) groups is 1. The molecule has 0 spiro atoms. The zero-order valence-corrected chi connectivity index (χ0v) is 17.7. The number of nitrogens with zero attached hydrogens (tertiary/aromatic N) is 3. The molecule has 0 bridgehead atoms. The molecule has 8 heteroatoms. The van der Waals surface area contributed by atoms with Crippen LogP contribution < -0.4 is 5.32 Å². The number of aromatic nitrogens is 3. The van der Waals surface area contributed by atoms with Gasteiger partial charge in [-0.2, -0.15) is 5.10 Å². The maximum Gasteiger partial charge on any atom is 0.262 e. The van der Waals surface area contributed by atoms with Crippen LogP contribution in [0, 0.1) is 6.92 Å². The number of hydrogen-bond donors (Lipinski definition) is 1. The molecule has 29 heavy (non-hydrogen) atoms. The smallest absolute Gasteiger partial charge is 0.262 e. The van der Waals surface area contributed by atoms with Crippen molar-refractivity contribution >= 4 is 45.6 Å². The Morgan fingerprint density at radius 2 is 1.83 bits per heavy atom. The molecule has 0 fully saturated rings. The van der Waals surface area contributed by atoms with Crippen LogP contribution in [0.15, 0.2) is 60.0 Å². The number of thiazole rings is 1. The molecule has 1 amide bonds. The van der Waals surface area contributed by atoms with Crippen LogP contribution >= 0.6 is 34.5 Å². The van der Waals surface area contributed by atoms with Gasteiger partial charge in [-0.15, -0.1) is 11.3 Å². The number of amides is 1. The predicted octanol–water partition coefficient (Wildman–Crippen LogP) is 5.92. The first kappa shape index (κ1) is 19.6. The van der Waals surface area contributed by atoms with E-state index in [-0.39, 0.29) is 5.91 Å². The van der Waals surface area contributed by atoms with Gasteiger partial charge in [-0.1, -0.05) is 71.7 Å². The van der Waals surface area contributed by atoms with Gasteiger partial charge in [0.05, 0.1) is 23.5 Å². The van der Waals surface area contributed by atoms with Gasteiger partial charge in [-0.3, -0.25) is 10.1 Å². The second-order valence-corrected chi connectivity index (χ2v) is 7.99. The van der Waals surface area contributed by atoms with E-state index in [0.717, 1.165) is 11.1 Å². The summed E-state index contributed by atoms with van der Waals surface area (Å²) in [4.78, 5) is 17.3. The van der Waals surface area contributed by atoms with Crippen molar-refractivity contribution in [1.29, 1.82) is 0 Å². The molecule has 2 heterocycles. The fourth-order valence-corrected chi connectivity index (χ4v) is 4.21. The first-order valence-electron chi connectivity index (χ1n) is 8.81. The van der Waals surface area contributed by atoms with Crippen molar-refractivity contribution in [3.8, 4) is 11.3 Å². The maximum absolute atomic E-state index is 12.8. The van der Waals surface area contributed by atoms with Crippen molar-refractivity contribution in [3.05, 3.63) is 87.0 Å². The Labute approximate surface area is 181 Å². The normalized spacial score (nSPS) is 10.9. The Morgan fingerprint density at radius 3 is 2.59 bits per heavy atom. The maximum atomic E-state index is 12.8. The molecule has 146 valence electrons. The summed E-state index contributed by atoms with van der Waals surface area (Å²) in [5.74, 6) is -0.341. The molecule has 1 N–H and O–H groups in total. The molecular formula is C21H16Cl2N4OS. The van der Waals surface area contributed by atoms with Crippen molar-refractivity contribution in [2.75, 3.05) is 5.32 Å². The van der Waals surface area contributed by atoms with Crippen molar-refractivity contribution in [3.63, 3.8) is 0 Å². The summed E-state index contributed by atoms with van der Waals surface area (Å²) in [6.45, 7) is 2.25. The number of hydrogen-bond acceptors (Lipinski definition) is 4. The van der Waals surface area contributed by atoms with E-state index in [9.17, 15) is 4.79 Å². The van der Waals surface area contributed by atoms with E-state index in [4.69, 9.17) is 23.2 Å². The number of rotatable bonds is 5. The SMILES string of the molecule is Cc1nn(Cc2ccccc2)c(Cl)c1C(=O)Nc1nc(-c2ccccc2Cl)cs1. The summed E-state index contributed by atoms with van der Waals surface area (Å²) in [6, 6.07) is 17.3. The van der Waals surface area contributed by atoms with Crippen molar-refractivity contribution in [1.82, 2.24) is 14.8 Å². The molecule has 0 aliphatic carbocycles. The molecule has 2 aromatic carbocycles. The number of anilines is 1. The van der Waals surface area contributed by atoms with E-state index in [1.807, 2.05) is 53.9 Å². The van der Waals surface area contributed by atoms with E-state index < -0.39 is 0 Å². The van der Waals surface area contributed by atoms with Crippen LogP contribution in [-0.2, 0) is 6.54 Å². The zero-order valence-electron chi connectivity index (χ0n) is 15.4. The number of nitrogens with one attached hydrogen (secondary N) is 1. The summed E-state index contributed by atoms with van der Waals surface area (Å²) < 4.78 is 1.62. The quantitative estimate of drug-likeness (QED) is 0.416. The van der Waals surface area contributed by atoms with Gasteiger partial charge < -0.3 is 0 Å². The summed E-state index contributed by atoms with van der Waals surface area (Å²) in [6.07, 6.45) is 0. The monoisotopic (exact) mass is 442 g/mol. The zero-order chi connectivity index (χ0) is 20.4. The van der Waals surface area contributed by atoms with Crippen LogP contribution in [0.4, 0.5) is 5.13 Å². The van der Waals surface area contributed by atoms with E-state index in [1.54, 1.807) is 17.7 Å². The van der Waals surface area contributed by atoms with E-state index in [1.165, 1.54) is 11.3 Å². The second-order valence-electron chi connectivity index (χ2n) is 6.37. The highest BCUT2D eigenvalue weighted by molar-refractivity contribution is 7.14. The lowest BCUT2D eigenvalue weighted by molar-refractivity contribution is 0.102. The third-order valence-electron chi connectivity index (χ3n) is 4.34. The summed E-state index contributed by atoms with van der Waals surface area (Å²) in [5.41, 5.74) is 3.48. The predicted molar refractivity (Wildman–Crippen MR) is 118 cm³/mol.